The van der Waals surface area contributed by atoms with Gasteiger partial charge in [0.2, 0.25) is 5.91 Å². The molecule has 1 amide bonds. The zero-order chi connectivity index (χ0) is 14.9. The van der Waals surface area contributed by atoms with Crippen molar-refractivity contribution in [2.75, 3.05) is 19.8 Å². The number of hydrogen-bond acceptors (Lipinski definition) is 4. The van der Waals surface area contributed by atoms with Gasteiger partial charge in [0, 0.05) is 24.6 Å². The van der Waals surface area contributed by atoms with Crippen LogP contribution in [0.25, 0.3) is 0 Å². The van der Waals surface area contributed by atoms with E-state index in [9.17, 15) is 4.79 Å². The summed E-state index contributed by atoms with van der Waals surface area (Å²) < 4.78 is 11.5. The average molecular weight is 296 g/mol. The maximum Gasteiger partial charge on any atom is 0.240 e. The van der Waals surface area contributed by atoms with Crippen molar-refractivity contribution in [2.24, 2.45) is 5.41 Å². The molecule has 21 heavy (non-hydrogen) atoms. The summed E-state index contributed by atoms with van der Waals surface area (Å²) in [6, 6.07) is 0.0586. The van der Waals surface area contributed by atoms with Crippen LogP contribution in [0.5, 0.6) is 0 Å². The van der Waals surface area contributed by atoms with Crippen LogP contribution in [0.4, 0.5) is 0 Å². The van der Waals surface area contributed by atoms with Gasteiger partial charge in [0.1, 0.15) is 6.04 Å². The number of rotatable bonds is 4. The van der Waals surface area contributed by atoms with Gasteiger partial charge < -0.3 is 20.1 Å². The molecule has 1 spiro atoms. The molecular formula is C16H28N2O3. The summed E-state index contributed by atoms with van der Waals surface area (Å²) in [5.41, 5.74) is 0.199. The molecule has 2 aliphatic carbocycles. The molecule has 120 valence electrons. The van der Waals surface area contributed by atoms with E-state index >= 15 is 0 Å². The van der Waals surface area contributed by atoms with E-state index in [1.165, 1.54) is 25.7 Å². The lowest BCUT2D eigenvalue weighted by Gasteiger charge is -2.54. The third-order valence-electron chi connectivity index (χ3n) is 5.60. The SMILES string of the molecule is CCOC1CC(NC(=O)[C@H]2NCCO[C@@H]2C)C12CCCC2. The highest BCUT2D eigenvalue weighted by molar-refractivity contribution is 5.83. The maximum atomic E-state index is 12.5. The smallest absolute Gasteiger partial charge is 0.240 e. The van der Waals surface area contributed by atoms with Gasteiger partial charge in [-0.3, -0.25) is 4.79 Å². The van der Waals surface area contributed by atoms with E-state index in [1.807, 2.05) is 6.92 Å². The summed E-state index contributed by atoms with van der Waals surface area (Å²) in [6.07, 6.45) is 6.14. The third kappa shape index (κ3) is 2.71. The summed E-state index contributed by atoms with van der Waals surface area (Å²) in [5.74, 6) is 0.0911. The molecule has 3 rings (SSSR count). The zero-order valence-corrected chi connectivity index (χ0v) is 13.2. The van der Waals surface area contributed by atoms with Crippen LogP contribution in [0.2, 0.25) is 0 Å². The number of amides is 1. The number of morpholine rings is 1. The molecule has 1 heterocycles. The molecule has 2 N–H and O–H groups in total. The molecule has 4 atom stereocenters. The molecule has 2 saturated carbocycles. The van der Waals surface area contributed by atoms with E-state index in [-0.39, 0.29) is 29.5 Å². The standard InChI is InChI=1S/C16H28N2O3/c1-3-20-13-10-12(16(13)6-4-5-7-16)18-15(19)14-11(2)21-9-8-17-14/h11-14,17H,3-10H2,1-2H3,(H,18,19)/t11-,12?,13?,14+/m1/s1. The highest BCUT2D eigenvalue weighted by atomic mass is 16.5. The van der Waals surface area contributed by atoms with Gasteiger partial charge in [-0.1, -0.05) is 12.8 Å². The summed E-state index contributed by atoms with van der Waals surface area (Å²) in [4.78, 5) is 12.5. The highest BCUT2D eigenvalue weighted by Gasteiger charge is 2.57. The third-order valence-corrected chi connectivity index (χ3v) is 5.60. The topological polar surface area (TPSA) is 59.6 Å². The molecule has 5 nitrogen and oxygen atoms in total. The largest absolute Gasteiger partial charge is 0.378 e. The predicted molar refractivity (Wildman–Crippen MR) is 80.1 cm³/mol. The first-order valence-corrected chi connectivity index (χ1v) is 8.44. The number of nitrogens with one attached hydrogen (secondary N) is 2. The van der Waals surface area contributed by atoms with Crippen molar-refractivity contribution in [3.63, 3.8) is 0 Å². The van der Waals surface area contributed by atoms with Gasteiger partial charge >= 0.3 is 0 Å². The fourth-order valence-electron chi connectivity index (χ4n) is 4.38. The lowest BCUT2D eigenvalue weighted by molar-refractivity contribution is -0.148. The van der Waals surface area contributed by atoms with Crippen LogP contribution in [0.1, 0.15) is 46.0 Å². The minimum Gasteiger partial charge on any atom is -0.378 e. The first kappa shape index (κ1) is 15.3. The van der Waals surface area contributed by atoms with Crippen LogP contribution < -0.4 is 10.6 Å². The van der Waals surface area contributed by atoms with Crippen molar-refractivity contribution in [3.8, 4) is 0 Å². The van der Waals surface area contributed by atoms with Crippen LogP contribution in [0, 0.1) is 5.41 Å². The lowest BCUT2D eigenvalue weighted by Crippen LogP contribution is -2.66. The van der Waals surface area contributed by atoms with Crippen molar-refractivity contribution in [3.05, 3.63) is 0 Å². The van der Waals surface area contributed by atoms with Crippen LogP contribution in [-0.4, -0.2) is 50.0 Å². The van der Waals surface area contributed by atoms with Gasteiger partial charge in [0.05, 0.1) is 18.8 Å². The Labute approximate surface area is 127 Å². The summed E-state index contributed by atoms with van der Waals surface area (Å²) in [5, 5.41) is 6.55. The number of carbonyl (C=O) groups is 1. The fraction of sp³-hybridized carbons (Fsp3) is 0.938. The molecule has 0 aromatic carbocycles. The van der Waals surface area contributed by atoms with Crippen LogP contribution >= 0.6 is 0 Å². The van der Waals surface area contributed by atoms with Gasteiger partial charge in [-0.2, -0.15) is 0 Å². The molecule has 0 aromatic rings. The molecule has 2 unspecified atom stereocenters. The second-order valence-electron chi connectivity index (χ2n) is 6.69. The zero-order valence-electron chi connectivity index (χ0n) is 13.2. The van der Waals surface area contributed by atoms with Crippen molar-refractivity contribution >= 4 is 5.91 Å². The highest BCUT2D eigenvalue weighted by Crippen LogP contribution is 2.54. The Bertz CT molecular complexity index is 382. The van der Waals surface area contributed by atoms with Crippen LogP contribution in [-0.2, 0) is 14.3 Å². The quantitative estimate of drug-likeness (QED) is 0.819. The first-order valence-electron chi connectivity index (χ1n) is 8.44. The second kappa shape index (κ2) is 6.23. The Kier molecular flexibility index (Phi) is 4.52. The first-order chi connectivity index (χ1) is 10.2. The van der Waals surface area contributed by atoms with Crippen molar-refractivity contribution < 1.29 is 14.3 Å². The van der Waals surface area contributed by atoms with Crippen LogP contribution in [0.3, 0.4) is 0 Å². The minimum absolute atomic E-state index is 0.0546. The summed E-state index contributed by atoms with van der Waals surface area (Å²) in [6.45, 7) is 6.22. The fourth-order valence-corrected chi connectivity index (χ4v) is 4.38. The molecule has 0 bridgehead atoms. The Balaban J connectivity index is 1.61. The van der Waals surface area contributed by atoms with E-state index in [4.69, 9.17) is 9.47 Å². The Morgan fingerprint density at radius 3 is 2.86 bits per heavy atom. The number of carbonyl (C=O) groups excluding carboxylic acids is 1. The van der Waals surface area contributed by atoms with Crippen molar-refractivity contribution in [1.29, 1.82) is 0 Å². The van der Waals surface area contributed by atoms with Gasteiger partial charge in [-0.15, -0.1) is 0 Å². The molecule has 5 heteroatoms. The number of ether oxygens (including phenoxy) is 2. The monoisotopic (exact) mass is 296 g/mol. The second-order valence-corrected chi connectivity index (χ2v) is 6.69. The number of hydrogen-bond donors (Lipinski definition) is 2. The van der Waals surface area contributed by atoms with E-state index in [0.29, 0.717) is 12.7 Å². The molecular weight excluding hydrogens is 268 g/mol. The molecule has 3 aliphatic rings. The summed E-state index contributed by atoms with van der Waals surface area (Å²) >= 11 is 0. The van der Waals surface area contributed by atoms with E-state index < -0.39 is 0 Å². The normalized spacial score (nSPS) is 38.2. The molecule has 1 saturated heterocycles. The molecule has 1 aliphatic heterocycles. The molecule has 0 radical (unpaired) electrons. The van der Waals surface area contributed by atoms with E-state index in [2.05, 4.69) is 17.6 Å². The Morgan fingerprint density at radius 1 is 1.43 bits per heavy atom. The van der Waals surface area contributed by atoms with Crippen LogP contribution in [0.15, 0.2) is 0 Å². The predicted octanol–water partition coefficient (Wildman–Crippen LogP) is 1.22. The van der Waals surface area contributed by atoms with Gasteiger partial charge in [-0.05, 0) is 33.1 Å². The van der Waals surface area contributed by atoms with Gasteiger partial charge in [-0.25, -0.2) is 0 Å². The van der Waals surface area contributed by atoms with Gasteiger partial charge in [0.25, 0.3) is 0 Å². The Morgan fingerprint density at radius 2 is 2.19 bits per heavy atom. The average Bonchev–Trinajstić information content (AvgIpc) is 2.99. The Hall–Kier alpha value is -0.650. The van der Waals surface area contributed by atoms with Crippen molar-refractivity contribution in [2.45, 2.75) is 70.2 Å². The van der Waals surface area contributed by atoms with Crippen molar-refractivity contribution in [1.82, 2.24) is 10.6 Å². The van der Waals surface area contributed by atoms with E-state index in [0.717, 1.165) is 19.6 Å². The van der Waals surface area contributed by atoms with Gasteiger partial charge in [0.15, 0.2) is 0 Å². The molecule has 0 aromatic heterocycles. The lowest BCUT2D eigenvalue weighted by atomic mass is 9.60. The summed E-state index contributed by atoms with van der Waals surface area (Å²) in [7, 11) is 0. The van der Waals surface area contributed by atoms with E-state index in [1.54, 1.807) is 0 Å². The molecule has 3 fully saturated rings. The maximum absolute atomic E-state index is 12.5. The minimum atomic E-state index is -0.219.